The Bertz CT molecular complexity index is 775. The van der Waals surface area contributed by atoms with Gasteiger partial charge in [-0.2, -0.15) is 0 Å². The van der Waals surface area contributed by atoms with Gasteiger partial charge in [0.2, 0.25) is 8.32 Å². The van der Waals surface area contributed by atoms with Crippen LogP contribution in [0.2, 0.25) is 18.1 Å². The summed E-state index contributed by atoms with van der Waals surface area (Å²) in [4.78, 5) is 0. The molecule has 2 aromatic carbocycles. The highest BCUT2D eigenvalue weighted by atomic mass is 28.4. The fraction of sp³-hybridized carbons (Fsp3) is 0.333. The number of aromatic hydroxyl groups is 1. The third-order valence-corrected chi connectivity index (χ3v) is 8.93. The maximum absolute atomic E-state index is 10.3. The predicted molar refractivity (Wildman–Crippen MR) is 103 cm³/mol. The molecular formula is C21H26O2Si. The van der Waals surface area contributed by atoms with Crippen LogP contribution in [-0.4, -0.2) is 13.4 Å². The van der Waals surface area contributed by atoms with Crippen molar-refractivity contribution in [2.24, 2.45) is 0 Å². The van der Waals surface area contributed by atoms with E-state index in [1.165, 1.54) is 0 Å². The third-order valence-electron chi connectivity index (χ3n) is 4.57. The summed E-state index contributed by atoms with van der Waals surface area (Å²) in [5, 5.41) is 10.4. The van der Waals surface area contributed by atoms with Gasteiger partial charge in [0, 0.05) is 5.56 Å². The summed E-state index contributed by atoms with van der Waals surface area (Å²) in [5.74, 6) is 7.17. The number of hydrogen-bond acceptors (Lipinski definition) is 2. The lowest BCUT2D eigenvalue weighted by Crippen LogP contribution is -2.43. The maximum atomic E-state index is 10.3. The maximum Gasteiger partial charge on any atom is 0.250 e. The molecule has 0 unspecified atom stereocenters. The van der Waals surface area contributed by atoms with Crippen LogP contribution < -0.4 is 4.43 Å². The van der Waals surface area contributed by atoms with Crippen LogP contribution in [-0.2, 0) is 0 Å². The lowest BCUT2D eigenvalue weighted by Gasteiger charge is -2.36. The predicted octanol–water partition coefficient (Wildman–Crippen LogP) is 5.48. The van der Waals surface area contributed by atoms with Gasteiger partial charge in [-0.15, -0.1) is 0 Å². The number of rotatable bonds is 2. The Labute approximate surface area is 146 Å². The molecule has 0 aliphatic heterocycles. The Morgan fingerprint density at radius 3 is 2.21 bits per heavy atom. The molecule has 3 heteroatoms. The summed E-state index contributed by atoms with van der Waals surface area (Å²) < 4.78 is 6.35. The van der Waals surface area contributed by atoms with Crippen LogP contribution in [0.5, 0.6) is 11.5 Å². The highest BCUT2D eigenvalue weighted by molar-refractivity contribution is 6.74. The van der Waals surface area contributed by atoms with Gasteiger partial charge < -0.3 is 9.53 Å². The van der Waals surface area contributed by atoms with Crippen molar-refractivity contribution in [3.05, 3.63) is 59.2 Å². The molecule has 0 atom stereocenters. The van der Waals surface area contributed by atoms with Gasteiger partial charge in [0.15, 0.2) is 0 Å². The Morgan fingerprint density at radius 1 is 1.00 bits per heavy atom. The minimum Gasteiger partial charge on any atom is -0.543 e. The standard InChI is InChI=1S/C21H26O2Si/c1-16-14-19(23-24(5,6)21(2,3)4)15-18(20(16)22)13-12-17-10-8-7-9-11-17/h7-11,14-15,22H,1-6H3. The van der Waals surface area contributed by atoms with Gasteiger partial charge in [-0.25, -0.2) is 0 Å². The number of hydrogen-bond donors (Lipinski definition) is 1. The minimum absolute atomic E-state index is 0.120. The van der Waals surface area contributed by atoms with E-state index in [2.05, 4.69) is 45.7 Å². The molecule has 0 spiro atoms. The van der Waals surface area contributed by atoms with E-state index < -0.39 is 8.32 Å². The van der Waals surface area contributed by atoms with Crippen LogP contribution in [0.4, 0.5) is 0 Å². The van der Waals surface area contributed by atoms with Gasteiger partial charge in [0.05, 0.1) is 5.56 Å². The van der Waals surface area contributed by atoms with Gasteiger partial charge in [-0.3, -0.25) is 0 Å². The average Bonchev–Trinajstić information content (AvgIpc) is 2.49. The van der Waals surface area contributed by atoms with Crippen LogP contribution in [0.25, 0.3) is 0 Å². The average molecular weight is 339 g/mol. The SMILES string of the molecule is Cc1cc(O[Si](C)(C)C(C)(C)C)cc(C#Cc2ccccc2)c1O. The van der Waals surface area contributed by atoms with E-state index in [1.54, 1.807) is 0 Å². The molecule has 0 bridgehead atoms. The van der Waals surface area contributed by atoms with Crippen molar-refractivity contribution < 1.29 is 9.53 Å². The van der Waals surface area contributed by atoms with Crippen molar-refractivity contribution in [2.75, 3.05) is 0 Å². The molecule has 0 amide bonds. The topological polar surface area (TPSA) is 29.5 Å². The molecular weight excluding hydrogens is 312 g/mol. The highest BCUT2D eigenvalue weighted by Gasteiger charge is 2.39. The molecule has 0 aromatic heterocycles. The molecule has 126 valence electrons. The van der Waals surface area contributed by atoms with E-state index >= 15 is 0 Å². The molecule has 0 saturated carbocycles. The lowest BCUT2D eigenvalue weighted by atomic mass is 10.1. The van der Waals surface area contributed by atoms with E-state index in [1.807, 2.05) is 49.4 Å². The Kier molecular flexibility index (Phi) is 5.10. The Balaban J connectivity index is 2.38. The molecule has 1 N–H and O–H groups in total. The van der Waals surface area contributed by atoms with E-state index in [-0.39, 0.29) is 10.8 Å². The number of phenolic OH excluding ortho intramolecular Hbond substituents is 1. The van der Waals surface area contributed by atoms with Gasteiger partial charge in [0.25, 0.3) is 0 Å². The fourth-order valence-electron chi connectivity index (χ4n) is 2.01. The molecule has 24 heavy (non-hydrogen) atoms. The third kappa shape index (κ3) is 4.21. The molecule has 0 saturated heterocycles. The zero-order chi connectivity index (χ0) is 18.0. The van der Waals surface area contributed by atoms with Gasteiger partial charge >= 0.3 is 0 Å². The summed E-state index contributed by atoms with van der Waals surface area (Å²) in [6, 6.07) is 13.5. The lowest BCUT2D eigenvalue weighted by molar-refractivity contribution is 0.463. The quantitative estimate of drug-likeness (QED) is 0.580. The molecule has 2 nitrogen and oxygen atoms in total. The van der Waals surface area contributed by atoms with Gasteiger partial charge in [0.1, 0.15) is 11.5 Å². The largest absolute Gasteiger partial charge is 0.543 e. The summed E-state index contributed by atoms with van der Waals surface area (Å²) in [6.07, 6.45) is 0. The van der Waals surface area contributed by atoms with Crippen LogP contribution in [0.1, 0.15) is 37.5 Å². The van der Waals surface area contributed by atoms with Crippen LogP contribution >= 0.6 is 0 Å². The van der Waals surface area contributed by atoms with Crippen molar-refractivity contribution in [1.82, 2.24) is 0 Å². The minimum atomic E-state index is -1.93. The van der Waals surface area contributed by atoms with Crippen molar-refractivity contribution in [1.29, 1.82) is 0 Å². The summed E-state index contributed by atoms with van der Waals surface area (Å²) in [6.45, 7) is 12.9. The molecule has 0 fully saturated rings. The first kappa shape index (κ1) is 18.2. The van der Waals surface area contributed by atoms with E-state index in [0.717, 1.165) is 16.9 Å². The number of phenols is 1. The van der Waals surface area contributed by atoms with Crippen LogP contribution in [0, 0.1) is 18.8 Å². The van der Waals surface area contributed by atoms with E-state index in [4.69, 9.17) is 4.43 Å². The van der Waals surface area contributed by atoms with Crippen molar-refractivity contribution in [2.45, 2.75) is 45.8 Å². The van der Waals surface area contributed by atoms with Gasteiger partial charge in [-0.1, -0.05) is 50.8 Å². The second kappa shape index (κ2) is 6.74. The molecule has 2 rings (SSSR count). The molecule has 0 heterocycles. The van der Waals surface area contributed by atoms with E-state index in [0.29, 0.717) is 5.56 Å². The summed E-state index contributed by atoms with van der Waals surface area (Å²) in [5.41, 5.74) is 2.31. The number of aryl methyl sites for hydroxylation is 1. The first-order valence-electron chi connectivity index (χ1n) is 8.20. The van der Waals surface area contributed by atoms with E-state index in [9.17, 15) is 5.11 Å². The first-order valence-corrected chi connectivity index (χ1v) is 11.1. The van der Waals surface area contributed by atoms with Crippen LogP contribution in [0.3, 0.4) is 0 Å². The summed E-state index contributed by atoms with van der Waals surface area (Å²) in [7, 11) is -1.93. The normalized spacial score (nSPS) is 11.6. The number of benzene rings is 2. The van der Waals surface area contributed by atoms with Crippen molar-refractivity contribution in [3.8, 4) is 23.3 Å². The Morgan fingerprint density at radius 2 is 1.62 bits per heavy atom. The molecule has 0 aliphatic carbocycles. The zero-order valence-electron chi connectivity index (χ0n) is 15.4. The highest BCUT2D eigenvalue weighted by Crippen LogP contribution is 2.38. The fourth-order valence-corrected chi connectivity index (χ4v) is 3.02. The van der Waals surface area contributed by atoms with Crippen molar-refractivity contribution >= 4 is 8.32 Å². The Hall–Kier alpha value is -2.18. The smallest absolute Gasteiger partial charge is 0.250 e. The summed E-state index contributed by atoms with van der Waals surface area (Å²) >= 11 is 0. The van der Waals surface area contributed by atoms with Gasteiger partial charge in [-0.05, 0) is 54.9 Å². The second-order valence-corrected chi connectivity index (χ2v) is 12.3. The second-order valence-electron chi connectivity index (χ2n) is 7.61. The molecule has 2 aromatic rings. The van der Waals surface area contributed by atoms with Crippen molar-refractivity contribution in [3.63, 3.8) is 0 Å². The monoisotopic (exact) mass is 338 g/mol. The zero-order valence-corrected chi connectivity index (χ0v) is 16.4. The first-order chi connectivity index (χ1) is 11.1. The molecule has 0 aliphatic rings. The van der Waals surface area contributed by atoms with Crippen LogP contribution in [0.15, 0.2) is 42.5 Å². The molecule has 0 radical (unpaired) electrons.